The molecule has 0 aromatic heterocycles. The number of nitrogens with zero attached hydrogens (tertiary/aromatic N) is 1. The van der Waals surface area contributed by atoms with Crippen LogP contribution >= 0.6 is 0 Å². The summed E-state index contributed by atoms with van der Waals surface area (Å²) >= 11 is 0. The van der Waals surface area contributed by atoms with E-state index in [2.05, 4.69) is 5.43 Å². The van der Waals surface area contributed by atoms with Crippen LogP contribution in [0.25, 0.3) is 0 Å². The van der Waals surface area contributed by atoms with E-state index >= 15 is 0 Å². The van der Waals surface area contributed by atoms with Crippen molar-refractivity contribution in [2.45, 2.75) is 12.8 Å². The molecule has 76 valence electrons. The molecule has 0 radical (unpaired) electrons. The molecule has 0 atom stereocenters. The Balaban J connectivity index is 2.26. The summed E-state index contributed by atoms with van der Waals surface area (Å²) in [6.07, 6.45) is 2.00. The Hall–Kier alpha value is -0.810. The predicted octanol–water partition coefficient (Wildman–Crippen LogP) is -0.0719. The van der Waals surface area contributed by atoms with Crippen molar-refractivity contribution in [3.05, 3.63) is 0 Å². The molecule has 2 amide bonds. The number of nitrogens with two attached hydrogens (primary N) is 1. The molecule has 1 aliphatic rings. The highest BCUT2D eigenvalue weighted by molar-refractivity contribution is 5.73. The minimum Gasteiger partial charge on any atom is -0.384 e. The minimum absolute atomic E-state index is 0.184. The van der Waals surface area contributed by atoms with Crippen molar-refractivity contribution >= 4 is 6.03 Å². The van der Waals surface area contributed by atoms with Gasteiger partial charge in [-0.15, -0.1) is 0 Å². The highest BCUT2D eigenvalue weighted by Crippen LogP contribution is 2.16. The number of likely N-dealkylation sites (tertiary alicyclic amines) is 1. The first-order valence-corrected chi connectivity index (χ1v) is 4.52. The monoisotopic (exact) mass is 187 g/mol. The van der Waals surface area contributed by atoms with Gasteiger partial charge in [0.05, 0.1) is 0 Å². The molecule has 0 aromatic carbocycles. The van der Waals surface area contributed by atoms with E-state index in [9.17, 15) is 4.79 Å². The largest absolute Gasteiger partial charge is 0.384 e. The summed E-state index contributed by atoms with van der Waals surface area (Å²) in [6.45, 7) is 2.34. The van der Waals surface area contributed by atoms with Crippen LogP contribution in [0.2, 0.25) is 0 Å². The molecule has 5 heteroatoms. The summed E-state index contributed by atoms with van der Waals surface area (Å²) in [6, 6.07) is -0.184. The number of nitrogens with one attached hydrogen (secondary N) is 1. The van der Waals surface area contributed by atoms with E-state index in [0.717, 1.165) is 32.5 Å². The van der Waals surface area contributed by atoms with Crippen LogP contribution in [0, 0.1) is 5.92 Å². The van der Waals surface area contributed by atoms with Gasteiger partial charge in [0.1, 0.15) is 0 Å². The van der Waals surface area contributed by atoms with E-state index in [1.165, 1.54) is 0 Å². The van der Waals surface area contributed by atoms with Crippen LogP contribution in [0.3, 0.4) is 0 Å². The fourth-order valence-electron chi connectivity index (χ4n) is 1.63. The fraction of sp³-hybridized carbons (Fsp3) is 0.875. The molecule has 1 rings (SSSR count). The van der Waals surface area contributed by atoms with Crippen LogP contribution in [-0.4, -0.2) is 37.7 Å². The summed E-state index contributed by atoms with van der Waals surface area (Å²) in [4.78, 5) is 12.8. The predicted molar refractivity (Wildman–Crippen MR) is 48.9 cm³/mol. The van der Waals surface area contributed by atoms with Gasteiger partial charge in [0.25, 0.3) is 0 Å². The summed E-state index contributed by atoms with van der Waals surface area (Å²) in [7, 11) is 1.71. The molecule has 0 unspecified atom stereocenters. The highest BCUT2D eigenvalue weighted by atomic mass is 16.5. The lowest BCUT2D eigenvalue weighted by Crippen LogP contribution is -2.47. The lowest BCUT2D eigenvalue weighted by Gasteiger charge is -2.30. The number of carbonyl (C=O) groups is 1. The SMILES string of the molecule is COCC1CCN(C(=O)NN)CC1. The Morgan fingerprint density at radius 2 is 2.23 bits per heavy atom. The zero-order valence-electron chi connectivity index (χ0n) is 7.95. The third-order valence-electron chi connectivity index (χ3n) is 2.43. The van der Waals surface area contributed by atoms with Crippen LogP contribution in [0.15, 0.2) is 0 Å². The maximum atomic E-state index is 11.1. The van der Waals surface area contributed by atoms with E-state index < -0.39 is 0 Å². The summed E-state index contributed by atoms with van der Waals surface area (Å²) in [5.41, 5.74) is 2.14. The highest BCUT2D eigenvalue weighted by Gasteiger charge is 2.21. The standard InChI is InChI=1S/C8H17N3O2/c1-13-6-7-2-4-11(5-3-7)8(12)10-9/h7H,2-6,9H2,1H3,(H,10,12). The van der Waals surface area contributed by atoms with Crippen molar-refractivity contribution in [2.75, 3.05) is 26.8 Å². The van der Waals surface area contributed by atoms with E-state index in [0.29, 0.717) is 5.92 Å². The molecule has 1 saturated heterocycles. The van der Waals surface area contributed by atoms with Crippen LogP contribution in [0.5, 0.6) is 0 Å². The Bertz CT molecular complexity index is 167. The quantitative estimate of drug-likeness (QED) is 0.361. The molecular formula is C8H17N3O2. The van der Waals surface area contributed by atoms with Crippen LogP contribution in [0.4, 0.5) is 4.79 Å². The van der Waals surface area contributed by atoms with Gasteiger partial charge in [0, 0.05) is 26.8 Å². The van der Waals surface area contributed by atoms with Crippen molar-refractivity contribution in [2.24, 2.45) is 11.8 Å². The zero-order chi connectivity index (χ0) is 9.68. The topological polar surface area (TPSA) is 67.6 Å². The zero-order valence-corrected chi connectivity index (χ0v) is 7.95. The van der Waals surface area contributed by atoms with Gasteiger partial charge in [0.15, 0.2) is 0 Å². The third-order valence-corrected chi connectivity index (χ3v) is 2.43. The molecule has 0 saturated carbocycles. The first-order valence-electron chi connectivity index (χ1n) is 4.52. The lowest BCUT2D eigenvalue weighted by molar-refractivity contribution is 0.107. The van der Waals surface area contributed by atoms with Gasteiger partial charge in [-0.25, -0.2) is 10.6 Å². The summed E-state index contributed by atoms with van der Waals surface area (Å²) in [5.74, 6) is 5.62. The van der Waals surface area contributed by atoms with Gasteiger partial charge in [-0.1, -0.05) is 0 Å². The second-order valence-electron chi connectivity index (χ2n) is 3.34. The molecule has 1 fully saturated rings. The average Bonchev–Trinajstić information content (AvgIpc) is 2.18. The van der Waals surface area contributed by atoms with Gasteiger partial charge in [-0.3, -0.25) is 5.43 Å². The van der Waals surface area contributed by atoms with E-state index in [4.69, 9.17) is 10.6 Å². The number of ether oxygens (including phenoxy) is 1. The van der Waals surface area contributed by atoms with Crippen LogP contribution < -0.4 is 11.3 Å². The van der Waals surface area contributed by atoms with Gasteiger partial charge >= 0.3 is 6.03 Å². The van der Waals surface area contributed by atoms with Gasteiger partial charge in [0.2, 0.25) is 0 Å². The molecule has 1 aliphatic heterocycles. The molecule has 0 bridgehead atoms. The minimum atomic E-state index is -0.184. The van der Waals surface area contributed by atoms with Crippen molar-refractivity contribution in [1.29, 1.82) is 0 Å². The summed E-state index contributed by atoms with van der Waals surface area (Å²) < 4.78 is 5.06. The van der Waals surface area contributed by atoms with Crippen molar-refractivity contribution in [1.82, 2.24) is 10.3 Å². The molecule has 0 spiro atoms. The average molecular weight is 187 g/mol. The molecule has 0 aliphatic carbocycles. The number of methoxy groups -OCH3 is 1. The van der Waals surface area contributed by atoms with E-state index in [1.54, 1.807) is 12.0 Å². The number of piperidine rings is 1. The van der Waals surface area contributed by atoms with Gasteiger partial charge in [-0.2, -0.15) is 0 Å². The van der Waals surface area contributed by atoms with Crippen molar-refractivity contribution < 1.29 is 9.53 Å². The number of urea groups is 1. The molecule has 3 N–H and O–H groups in total. The number of hydrogen-bond donors (Lipinski definition) is 2. The van der Waals surface area contributed by atoms with Crippen molar-refractivity contribution in [3.8, 4) is 0 Å². The van der Waals surface area contributed by atoms with Gasteiger partial charge < -0.3 is 9.64 Å². The lowest BCUT2D eigenvalue weighted by atomic mass is 9.98. The second-order valence-corrected chi connectivity index (χ2v) is 3.34. The Kier molecular flexibility index (Phi) is 3.98. The molecule has 0 aromatic rings. The molecule has 1 heterocycles. The number of hydrogen-bond acceptors (Lipinski definition) is 3. The number of hydrazine groups is 1. The van der Waals surface area contributed by atoms with Crippen LogP contribution in [-0.2, 0) is 4.74 Å². The molecule has 5 nitrogen and oxygen atoms in total. The van der Waals surface area contributed by atoms with E-state index in [-0.39, 0.29) is 6.03 Å². The summed E-state index contributed by atoms with van der Waals surface area (Å²) in [5, 5.41) is 0. The maximum Gasteiger partial charge on any atom is 0.331 e. The van der Waals surface area contributed by atoms with Crippen LogP contribution in [0.1, 0.15) is 12.8 Å². The Morgan fingerprint density at radius 1 is 1.62 bits per heavy atom. The van der Waals surface area contributed by atoms with E-state index in [1.807, 2.05) is 0 Å². The number of rotatable bonds is 2. The normalized spacial score (nSPS) is 18.8. The number of amides is 2. The molecular weight excluding hydrogens is 170 g/mol. The number of carbonyl (C=O) groups excluding carboxylic acids is 1. The smallest absolute Gasteiger partial charge is 0.331 e. The first-order chi connectivity index (χ1) is 6.27. The Labute approximate surface area is 78.2 Å². The van der Waals surface area contributed by atoms with Gasteiger partial charge in [-0.05, 0) is 18.8 Å². The molecule has 13 heavy (non-hydrogen) atoms. The Morgan fingerprint density at radius 3 is 2.69 bits per heavy atom. The second kappa shape index (κ2) is 5.04. The maximum absolute atomic E-state index is 11.1. The first kappa shape index (κ1) is 10.3. The van der Waals surface area contributed by atoms with Crippen molar-refractivity contribution in [3.63, 3.8) is 0 Å². The third kappa shape index (κ3) is 2.86. The fourth-order valence-corrected chi connectivity index (χ4v) is 1.63.